The highest BCUT2D eigenvalue weighted by Crippen LogP contribution is 2.26. The van der Waals surface area contributed by atoms with E-state index in [-0.39, 0.29) is 5.82 Å². The number of hydrogen-bond donors (Lipinski definition) is 1. The Morgan fingerprint density at radius 2 is 2.41 bits per heavy atom. The molecule has 1 unspecified atom stereocenters. The van der Waals surface area contributed by atoms with Crippen LogP contribution >= 0.6 is 0 Å². The molecule has 1 atom stereocenters. The maximum atomic E-state index is 13.2. The third-order valence-electron chi connectivity index (χ3n) is 3.55. The van der Waals surface area contributed by atoms with Gasteiger partial charge in [-0.2, -0.15) is 0 Å². The third kappa shape index (κ3) is 1.82. The molecule has 0 radical (unpaired) electrons. The molecular weight excluding hydrogens is 217 g/mol. The molecular formula is C13H16FN3. The molecule has 2 aromatic heterocycles. The maximum Gasteiger partial charge on any atom is 0.140 e. The molecule has 1 N–H and O–H groups in total. The van der Waals surface area contributed by atoms with Crippen LogP contribution in [-0.4, -0.2) is 22.5 Å². The van der Waals surface area contributed by atoms with Crippen molar-refractivity contribution in [2.45, 2.75) is 25.7 Å². The van der Waals surface area contributed by atoms with Gasteiger partial charge in [0, 0.05) is 30.4 Å². The molecule has 1 aliphatic heterocycles. The molecule has 0 bridgehead atoms. The summed E-state index contributed by atoms with van der Waals surface area (Å²) in [4.78, 5) is 4.58. The first-order chi connectivity index (χ1) is 8.25. The molecule has 1 aliphatic rings. The number of aromatic nitrogens is 2. The van der Waals surface area contributed by atoms with Gasteiger partial charge in [-0.05, 0) is 32.4 Å². The lowest BCUT2D eigenvalue weighted by molar-refractivity contribution is 0.454. The van der Waals surface area contributed by atoms with Gasteiger partial charge in [-0.15, -0.1) is 0 Å². The first-order valence-electron chi connectivity index (χ1n) is 6.10. The van der Waals surface area contributed by atoms with E-state index in [1.54, 1.807) is 6.20 Å². The number of hydrogen-bond acceptors (Lipinski definition) is 2. The molecule has 2 aromatic rings. The molecule has 3 rings (SSSR count). The highest BCUT2D eigenvalue weighted by atomic mass is 19.1. The summed E-state index contributed by atoms with van der Waals surface area (Å²) in [6, 6.07) is 2.97. The van der Waals surface area contributed by atoms with Crippen LogP contribution < -0.4 is 5.32 Å². The van der Waals surface area contributed by atoms with Crippen molar-refractivity contribution in [1.29, 1.82) is 0 Å². The number of rotatable bonds is 1. The summed E-state index contributed by atoms with van der Waals surface area (Å²) in [5, 5.41) is 3.39. The summed E-state index contributed by atoms with van der Waals surface area (Å²) < 4.78 is 15.1. The Morgan fingerprint density at radius 3 is 3.18 bits per heavy atom. The van der Waals surface area contributed by atoms with Crippen LogP contribution in [0.5, 0.6) is 0 Å². The minimum Gasteiger partial charge on any atom is -0.316 e. The van der Waals surface area contributed by atoms with E-state index in [0.717, 1.165) is 24.5 Å². The summed E-state index contributed by atoms with van der Waals surface area (Å²) in [6.07, 6.45) is 4.11. The van der Waals surface area contributed by atoms with Crippen molar-refractivity contribution < 1.29 is 4.39 Å². The zero-order valence-corrected chi connectivity index (χ0v) is 9.91. The van der Waals surface area contributed by atoms with E-state index in [9.17, 15) is 4.39 Å². The molecule has 3 heterocycles. The van der Waals surface area contributed by atoms with Gasteiger partial charge in [0.1, 0.15) is 11.5 Å². The molecule has 1 saturated heterocycles. The Balaban J connectivity index is 2.07. The van der Waals surface area contributed by atoms with Gasteiger partial charge in [0.15, 0.2) is 0 Å². The van der Waals surface area contributed by atoms with Crippen LogP contribution in [0, 0.1) is 12.7 Å². The van der Waals surface area contributed by atoms with E-state index >= 15 is 0 Å². The van der Waals surface area contributed by atoms with Crippen LogP contribution in [0.4, 0.5) is 4.39 Å². The quantitative estimate of drug-likeness (QED) is 0.818. The van der Waals surface area contributed by atoms with Crippen molar-refractivity contribution in [3.05, 3.63) is 35.5 Å². The van der Waals surface area contributed by atoms with E-state index in [2.05, 4.69) is 17.2 Å². The molecule has 3 nitrogen and oxygen atoms in total. The average molecular weight is 233 g/mol. The van der Waals surface area contributed by atoms with Gasteiger partial charge in [-0.1, -0.05) is 0 Å². The first-order valence-corrected chi connectivity index (χ1v) is 6.10. The number of nitrogens with zero attached hydrogens (tertiary/aromatic N) is 2. The van der Waals surface area contributed by atoms with Crippen LogP contribution in [0.25, 0.3) is 5.65 Å². The van der Waals surface area contributed by atoms with Gasteiger partial charge in [0.05, 0.1) is 5.69 Å². The summed E-state index contributed by atoms with van der Waals surface area (Å²) in [7, 11) is 0. The Hall–Kier alpha value is -1.42. The summed E-state index contributed by atoms with van der Waals surface area (Å²) >= 11 is 0. The van der Waals surface area contributed by atoms with Crippen LogP contribution in [0.15, 0.2) is 18.3 Å². The van der Waals surface area contributed by atoms with Crippen molar-refractivity contribution >= 4 is 5.65 Å². The number of halogens is 1. The first kappa shape index (κ1) is 10.7. The van der Waals surface area contributed by atoms with Crippen molar-refractivity contribution in [1.82, 2.24) is 14.7 Å². The van der Waals surface area contributed by atoms with E-state index < -0.39 is 0 Å². The van der Waals surface area contributed by atoms with Gasteiger partial charge in [0.2, 0.25) is 0 Å². The lowest BCUT2D eigenvalue weighted by Crippen LogP contribution is -2.28. The Labute approximate surface area is 99.7 Å². The maximum absolute atomic E-state index is 13.2. The van der Waals surface area contributed by atoms with E-state index in [0.29, 0.717) is 11.6 Å². The molecule has 4 heteroatoms. The summed E-state index contributed by atoms with van der Waals surface area (Å²) in [5.74, 6) is 0.238. The van der Waals surface area contributed by atoms with Crippen LogP contribution in [0.3, 0.4) is 0 Å². The fourth-order valence-electron chi connectivity index (χ4n) is 2.63. The SMILES string of the molecule is Cc1c(C2CCCNC2)nc2cc(F)ccn12. The number of aryl methyl sites for hydroxylation is 1. The van der Waals surface area contributed by atoms with E-state index in [1.807, 2.05) is 4.40 Å². The van der Waals surface area contributed by atoms with Crippen molar-refractivity contribution in [3.63, 3.8) is 0 Å². The molecule has 0 saturated carbocycles. The van der Waals surface area contributed by atoms with Gasteiger partial charge in [-0.25, -0.2) is 9.37 Å². The third-order valence-corrected chi connectivity index (χ3v) is 3.55. The molecule has 17 heavy (non-hydrogen) atoms. The lowest BCUT2D eigenvalue weighted by Gasteiger charge is -2.21. The molecule has 0 aromatic carbocycles. The minimum atomic E-state index is -0.226. The molecule has 0 spiro atoms. The number of fused-ring (bicyclic) bond motifs is 1. The smallest absolute Gasteiger partial charge is 0.140 e. The van der Waals surface area contributed by atoms with E-state index in [4.69, 9.17) is 0 Å². The minimum absolute atomic E-state index is 0.226. The zero-order valence-electron chi connectivity index (χ0n) is 9.91. The van der Waals surface area contributed by atoms with Gasteiger partial charge < -0.3 is 9.72 Å². The summed E-state index contributed by atoms with van der Waals surface area (Å²) in [5.41, 5.74) is 2.96. The average Bonchev–Trinajstić information content (AvgIpc) is 2.67. The molecule has 90 valence electrons. The van der Waals surface area contributed by atoms with Crippen LogP contribution in [-0.2, 0) is 0 Å². The number of nitrogens with one attached hydrogen (secondary N) is 1. The fraction of sp³-hybridized carbons (Fsp3) is 0.462. The van der Waals surface area contributed by atoms with Gasteiger partial charge >= 0.3 is 0 Å². The van der Waals surface area contributed by atoms with Gasteiger partial charge in [0.25, 0.3) is 0 Å². The van der Waals surface area contributed by atoms with Crippen molar-refractivity contribution in [2.24, 2.45) is 0 Å². The van der Waals surface area contributed by atoms with Crippen molar-refractivity contribution in [2.75, 3.05) is 13.1 Å². The number of imidazole rings is 1. The lowest BCUT2D eigenvalue weighted by atomic mass is 9.95. The Kier molecular flexibility index (Phi) is 2.59. The second-order valence-electron chi connectivity index (χ2n) is 4.70. The number of piperidine rings is 1. The topological polar surface area (TPSA) is 29.3 Å². The fourth-order valence-corrected chi connectivity index (χ4v) is 2.63. The predicted octanol–water partition coefficient (Wildman–Crippen LogP) is 2.25. The molecule has 0 aliphatic carbocycles. The second-order valence-corrected chi connectivity index (χ2v) is 4.70. The second kappa shape index (κ2) is 4.11. The van der Waals surface area contributed by atoms with Crippen molar-refractivity contribution in [3.8, 4) is 0 Å². The Bertz CT molecular complexity index is 541. The highest BCUT2D eigenvalue weighted by Gasteiger charge is 2.21. The highest BCUT2D eigenvalue weighted by molar-refractivity contribution is 5.44. The zero-order chi connectivity index (χ0) is 11.8. The van der Waals surface area contributed by atoms with Gasteiger partial charge in [-0.3, -0.25) is 0 Å². The molecule has 1 fully saturated rings. The standard InChI is InChI=1S/C13H16FN3/c1-9-13(10-3-2-5-15-8-10)16-12-7-11(14)4-6-17(9)12/h4,6-7,10,15H,2-3,5,8H2,1H3. The normalized spacial score (nSPS) is 20.9. The summed E-state index contributed by atoms with van der Waals surface area (Å²) in [6.45, 7) is 4.13. The largest absolute Gasteiger partial charge is 0.316 e. The monoisotopic (exact) mass is 233 g/mol. The van der Waals surface area contributed by atoms with Crippen LogP contribution in [0.2, 0.25) is 0 Å². The Morgan fingerprint density at radius 1 is 1.53 bits per heavy atom. The van der Waals surface area contributed by atoms with E-state index in [1.165, 1.54) is 25.0 Å². The van der Waals surface area contributed by atoms with Crippen LogP contribution in [0.1, 0.15) is 30.1 Å². The number of pyridine rings is 1. The predicted molar refractivity (Wildman–Crippen MR) is 64.7 cm³/mol. The molecule has 0 amide bonds.